The smallest absolute Gasteiger partial charge is 0.243 e. The van der Waals surface area contributed by atoms with Crippen molar-refractivity contribution in [1.82, 2.24) is 23.2 Å². The predicted molar refractivity (Wildman–Crippen MR) is 161 cm³/mol. The van der Waals surface area contributed by atoms with Crippen molar-refractivity contribution in [3.05, 3.63) is 93.8 Å². The van der Waals surface area contributed by atoms with E-state index in [9.17, 15) is 8.42 Å². The lowest BCUT2D eigenvalue weighted by atomic mass is 10.0. The van der Waals surface area contributed by atoms with Crippen molar-refractivity contribution in [3.63, 3.8) is 0 Å². The highest BCUT2D eigenvalue weighted by molar-refractivity contribution is 7.89. The van der Waals surface area contributed by atoms with Crippen molar-refractivity contribution in [2.45, 2.75) is 44.2 Å². The molecule has 4 aromatic rings. The maximum absolute atomic E-state index is 13.6. The highest BCUT2D eigenvalue weighted by atomic mass is 32.2. The van der Waals surface area contributed by atoms with Crippen LogP contribution in [0.2, 0.25) is 0 Å². The van der Waals surface area contributed by atoms with Crippen LogP contribution in [0.15, 0.2) is 71.6 Å². The van der Waals surface area contributed by atoms with E-state index in [4.69, 9.17) is 17.0 Å². The van der Waals surface area contributed by atoms with E-state index in [1.807, 2.05) is 12.1 Å². The molecule has 0 amide bonds. The second kappa shape index (κ2) is 11.1. The van der Waals surface area contributed by atoms with Crippen LogP contribution in [0.1, 0.15) is 22.3 Å². The number of hydrogen-bond donors (Lipinski definition) is 0. The zero-order chi connectivity index (χ0) is 28.0. The molecule has 3 aliphatic rings. The van der Waals surface area contributed by atoms with E-state index in [1.165, 1.54) is 26.6 Å². The van der Waals surface area contributed by atoms with E-state index in [0.29, 0.717) is 44.5 Å². The van der Waals surface area contributed by atoms with Crippen LogP contribution in [0, 0.1) is 4.77 Å². The average Bonchev–Trinajstić information content (AvgIpc) is 3.26. The first kappa shape index (κ1) is 27.0. The summed E-state index contributed by atoms with van der Waals surface area (Å²) in [7, 11) is -3.63. The summed E-state index contributed by atoms with van der Waals surface area (Å²) in [6.45, 7) is 6.46. The number of nitrogens with zero attached hydrogens (tertiary/aromatic N) is 5. The summed E-state index contributed by atoms with van der Waals surface area (Å²) in [6, 6.07) is 22.8. The normalized spacial score (nSPS) is 18.8. The van der Waals surface area contributed by atoms with Crippen molar-refractivity contribution in [1.29, 1.82) is 0 Å². The molecule has 10 heteroatoms. The second-order valence-electron chi connectivity index (χ2n) is 11.2. The van der Waals surface area contributed by atoms with Crippen molar-refractivity contribution >= 4 is 33.3 Å². The second-order valence-corrected chi connectivity index (χ2v) is 13.5. The number of rotatable bonds is 6. The van der Waals surface area contributed by atoms with Gasteiger partial charge in [0.2, 0.25) is 10.0 Å². The van der Waals surface area contributed by atoms with Crippen molar-refractivity contribution < 1.29 is 13.2 Å². The van der Waals surface area contributed by atoms with Gasteiger partial charge in [0.15, 0.2) is 4.77 Å². The van der Waals surface area contributed by atoms with Gasteiger partial charge < -0.3 is 13.9 Å². The van der Waals surface area contributed by atoms with Gasteiger partial charge in [-0.15, -0.1) is 0 Å². The van der Waals surface area contributed by atoms with Crippen LogP contribution in [0.5, 0.6) is 0 Å². The van der Waals surface area contributed by atoms with Gasteiger partial charge in [0.05, 0.1) is 42.5 Å². The zero-order valence-corrected chi connectivity index (χ0v) is 24.7. The number of aromatic nitrogens is 2. The van der Waals surface area contributed by atoms with Gasteiger partial charge in [0, 0.05) is 39.3 Å². The largest absolute Gasteiger partial charge is 0.379 e. The van der Waals surface area contributed by atoms with Crippen LogP contribution in [-0.4, -0.2) is 71.0 Å². The molecule has 3 aliphatic heterocycles. The van der Waals surface area contributed by atoms with Crippen LogP contribution < -0.4 is 0 Å². The van der Waals surface area contributed by atoms with E-state index in [1.54, 1.807) is 6.07 Å². The Morgan fingerprint density at radius 3 is 1.80 bits per heavy atom. The minimum absolute atomic E-state index is 0.309. The zero-order valence-electron chi connectivity index (χ0n) is 23.1. The third kappa shape index (κ3) is 5.17. The third-order valence-corrected chi connectivity index (χ3v) is 11.0. The SMILES string of the molecule is O=S(=O)(c1ccc2c(c1)n(CN1CCc3ccccc3C1)c(=S)n2CN1CCc2ccccc2C1)N1CCOCC1. The maximum Gasteiger partial charge on any atom is 0.243 e. The quantitative estimate of drug-likeness (QED) is 0.314. The molecular formula is C31H35N5O3S2. The summed E-state index contributed by atoms with van der Waals surface area (Å²) < 4.78 is 39.2. The molecule has 0 spiro atoms. The van der Waals surface area contributed by atoms with Gasteiger partial charge in [-0.25, -0.2) is 8.42 Å². The lowest BCUT2D eigenvalue weighted by Crippen LogP contribution is -2.40. The summed E-state index contributed by atoms with van der Waals surface area (Å²) in [5, 5.41) is 0. The van der Waals surface area contributed by atoms with E-state index < -0.39 is 10.0 Å². The Labute approximate surface area is 246 Å². The average molecular weight is 590 g/mol. The molecule has 1 aromatic heterocycles. The number of sulfonamides is 1. The molecule has 1 saturated heterocycles. The van der Waals surface area contributed by atoms with Gasteiger partial charge in [0.25, 0.3) is 0 Å². The van der Waals surface area contributed by atoms with Crippen LogP contribution in [0.25, 0.3) is 11.0 Å². The summed E-state index contributed by atoms with van der Waals surface area (Å²) >= 11 is 6.14. The van der Waals surface area contributed by atoms with E-state index in [0.717, 1.165) is 54.8 Å². The molecule has 0 atom stereocenters. The Balaban J connectivity index is 1.26. The third-order valence-electron chi connectivity index (χ3n) is 8.70. The van der Waals surface area contributed by atoms with E-state index in [-0.39, 0.29) is 0 Å². The van der Waals surface area contributed by atoms with Crippen molar-refractivity contribution in [2.75, 3.05) is 39.4 Å². The number of benzene rings is 3. The Morgan fingerprint density at radius 1 is 0.683 bits per heavy atom. The highest BCUT2D eigenvalue weighted by Gasteiger charge is 2.28. The molecule has 7 rings (SSSR count). The molecule has 214 valence electrons. The maximum atomic E-state index is 13.6. The number of hydrogen-bond acceptors (Lipinski definition) is 6. The first-order valence-electron chi connectivity index (χ1n) is 14.4. The van der Waals surface area contributed by atoms with E-state index in [2.05, 4.69) is 67.5 Å². The molecule has 41 heavy (non-hydrogen) atoms. The fraction of sp³-hybridized carbons (Fsp3) is 0.387. The summed E-state index contributed by atoms with van der Waals surface area (Å²) in [4.78, 5) is 5.14. The Hall–Kier alpha value is -2.86. The number of fused-ring (bicyclic) bond motifs is 3. The first-order valence-corrected chi connectivity index (χ1v) is 16.2. The van der Waals surface area contributed by atoms with Crippen molar-refractivity contribution in [3.8, 4) is 0 Å². The van der Waals surface area contributed by atoms with Gasteiger partial charge in [-0.05, 0) is 65.5 Å². The van der Waals surface area contributed by atoms with Gasteiger partial charge >= 0.3 is 0 Å². The molecule has 0 bridgehead atoms. The Bertz CT molecular complexity index is 1760. The topological polar surface area (TPSA) is 63.0 Å². The summed E-state index contributed by atoms with van der Waals surface area (Å²) in [6.07, 6.45) is 2.00. The van der Waals surface area contributed by atoms with Gasteiger partial charge in [-0.3, -0.25) is 9.80 Å². The molecule has 0 unspecified atom stereocenters. The van der Waals surface area contributed by atoms with Crippen molar-refractivity contribution in [2.24, 2.45) is 0 Å². The monoisotopic (exact) mass is 589 g/mol. The molecule has 0 N–H and O–H groups in total. The molecule has 1 fully saturated rings. The first-order chi connectivity index (χ1) is 20.0. The van der Waals surface area contributed by atoms with Crippen LogP contribution >= 0.6 is 12.2 Å². The number of ether oxygens (including phenoxy) is 1. The lowest BCUT2D eigenvalue weighted by Gasteiger charge is -2.29. The number of morpholine rings is 1. The van der Waals surface area contributed by atoms with Crippen LogP contribution in [-0.2, 0) is 54.0 Å². The van der Waals surface area contributed by atoms with Gasteiger partial charge in [-0.2, -0.15) is 4.31 Å². The molecule has 8 nitrogen and oxygen atoms in total. The van der Waals surface area contributed by atoms with Gasteiger partial charge in [-0.1, -0.05) is 48.5 Å². The standard InChI is InChI=1S/C31H35N5O3S2/c37-41(38,34-15-17-39-18-16-34)28-9-10-29-30(19-28)36(23-33-14-12-25-6-2-4-8-27(25)21-33)31(40)35(29)22-32-13-11-24-5-1-3-7-26(24)20-32/h1-10,19H,11-18,20-23H2. The van der Waals surface area contributed by atoms with Gasteiger partial charge in [0.1, 0.15) is 0 Å². The minimum Gasteiger partial charge on any atom is -0.379 e. The van der Waals surface area contributed by atoms with Crippen LogP contribution in [0.3, 0.4) is 0 Å². The Morgan fingerprint density at radius 2 is 1.22 bits per heavy atom. The predicted octanol–water partition coefficient (Wildman–Crippen LogP) is 4.22. The molecule has 4 heterocycles. The molecule has 0 saturated carbocycles. The molecule has 0 radical (unpaired) electrons. The summed E-state index contributed by atoms with van der Waals surface area (Å²) in [5.41, 5.74) is 7.35. The summed E-state index contributed by atoms with van der Waals surface area (Å²) in [5.74, 6) is 0. The fourth-order valence-corrected chi connectivity index (χ4v) is 8.16. The lowest BCUT2D eigenvalue weighted by molar-refractivity contribution is 0.0730. The number of imidazole rings is 1. The molecule has 0 aliphatic carbocycles. The minimum atomic E-state index is -3.63. The Kier molecular flexibility index (Phi) is 7.30. The van der Waals surface area contributed by atoms with E-state index >= 15 is 0 Å². The fourth-order valence-electron chi connectivity index (χ4n) is 6.42. The molecular weight excluding hydrogens is 555 g/mol. The molecule has 3 aromatic carbocycles. The van der Waals surface area contributed by atoms with Crippen LogP contribution in [0.4, 0.5) is 0 Å². The highest BCUT2D eigenvalue weighted by Crippen LogP contribution is 2.28.